The van der Waals surface area contributed by atoms with E-state index in [9.17, 15) is 19.5 Å². The molecule has 0 aromatic rings. The zero-order valence-electron chi connectivity index (χ0n) is 38.9. The molecule has 8 nitrogen and oxygen atoms in total. The third-order valence-electron chi connectivity index (χ3n) is 10.0. The van der Waals surface area contributed by atoms with E-state index in [0.717, 1.165) is 89.9 Å². The molecule has 60 heavy (non-hydrogen) atoms. The van der Waals surface area contributed by atoms with Gasteiger partial charge in [0.2, 0.25) is 0 Å². The van der Waals surface area contributed by atoms with Gasteiger partial charge in [-0.05, 0) is 83.5 Å². The Morgan fingerprint density at radius 2 is 0.883 bits per heavy atom. The smallest absolute Gasteiger partial charge is 0.362 e. The van der Waals surface area contributed by atoms with Gasteiger partial charge in [0, 0.05) is 19.3 Å². The van der Waals surface area contributed by atoms with Crippen molar-refractivity contribution in [1.82, 2.24) is 0 Å². The normalized spacial score (nSPS) is 13.7. The molecule has 0 aliphatic heterocycles. The summed E-state index contributed by atoms with van der Waals surface area (Å²) in [5, 5.41) is 9.63. The molecule has 0 saturated carbocycles. The first kappa shape index (κ1) is 56.5. The third-order valence-corrected chi connectivity index (χ3v) is 10.0. The number of likely N-dealkylation sites (N-methyl/N-ethyl adjacent to an activating group) is 1. The second kappa shape index (κ2) is 42.2. The van der Waals surface area contributed by atoms with Gasteiger partial charge in [-0.25, -0.2) is 4.79 Å². The van der Waals surface area contributed by atoms with Crippen molar-refractivity contribution in [1.29, 1.82) is 0 Å². The van der Waals surface area contributed by atoms with Crippen molar-refractivity contribution in [3.63, 3.8) is 0 Å². The molecular weight excluding hydrogens is 751 g/mol. The fourth-order valence-electron chi connectivity index (χ4n) is 6.45. The molecule has 342 valence electrons. The Hall–Kier alpha value is -3.49. The summed E-state index contributed by atoms with van der Waals surface area (Å²) in [6.45, 7) is 4.47. The number of carbonyl (C=O) groups is 3. The molecular formula is C52H88NO7+. The zero-order valence-corrected chi connectivity index (χ0v) is 38.9. The van der Waals surface area contributed by atoms with E-state index in [-0.39, 0.29) is 42.7 Å². The topological polar surface area (TPSA) is 99.1 Å². The lowest BCUT2D eigenvalue weighted by Gasteiger charge is -2.31. The van der Waals surface area contributed by atoms with Crippen molar-refractivity contribution in [3.8, 4) is 0 Å². The Morgan fingerprint density at radius 1 is 0.500 bits per heavy atom. The molecule has 0 amide bonds. The Morgan fingerprint density at radius 3 is 1.32 bits per heavy atom. The van der Waals surface area contributed by atoms with Crippen LogP contribution in [0.1, 0.15) is 174 Å². The van der Waals surface area contributed by atoms with E-state index < -0.39 is 18.1 Å². The van der Waals surface area contributed by atoms with Crippen LogP contribution in [0.15, 0.2) is 85.1 Å². The first-order valence-electron chi connectivity index (χ1n) is 23.6. The zero-order chi connectivity index (χ0) is 44.2. The Bertz CT molecular complexity index is 1250. The van der Waals surface area contributed by atoms with Crippen molar-refractivity contribution in [2.24, 2.45) is 0 Å². The van der Waals surface area contributed by atoms with Gasteiger partial charge in [-0.15, -0.1) is 0 Å². The number of hydrogen-bond acceptors (Lipinski definition) is 6. The Labute approximate surface area is 367 Å². The Kier molecular flexibility index (Phi) is 39.8. The largest absolute Gasteiger partial charge is 0.477 e. The van der Waals surface area contributed by atoms with E-state index in [0.29, 0.717) is 12.8 Å². The number of hydrogen-bond donors (Lipinski definition) is 1. The maximum atomic E-state index is 12.7. The van der Waals surface area contributed by atoms with E-state index >= 15 is 0 Å². The summed E-state index contributed by atoms with van der Waals surface area (Å²) < 4.78 is 17.3. The van der Waals surface area contributed by atoms with E-state index in [1.54, 1.807) is 0 Å². The molecule has 0 aromatic carbocycles. The van der Waals surface area contributed by atoms with Crippen LogP contribution in [0.3, 0.4) is 0 Å². The highest BCUT2D eigenvalue weighted by Gasteiger charge is 2.31. The molecule has 1 N–H and O–H groups in total. The van der Waals surface area contributed by atoms with Crippen molar-refractivity contribution >= 4 is 17.9 Å². The highest BCUT2D eigenvalue weighted by atomic mass is 16.6. The predicted octanol–water partition coefficient (Wildman–Crippen LogP) is 13.3. The summed E-state index contributed by atoms with van der Waals surface area (Å²) in [6, 6.07) is -0.626. The lowest BCUT2D eigenvalue weighted by atomic mass is 10.1. The average Bonchev–Trinajstić information content (AvgIpc) is 3.21. The van der Waals surface area contributed by atoms with Gasteiger partial charge in [0.15, 0.2) is 12.1 Å². The lowest BCUT2D eigenvalue weighted by Crippen LogP contribution is -2.50. The first-order valence-corrected chi connectivity index (χ1v) is 23.6. The highest BCUT2D eigenvalue weighted by molar-refractivity contribution is 5.72. The van der Waals surface area contributed by atoms with Crippen LogP contribution in [0.25, 0.3) is 0 Å². The van der Waals surface area contributed by atoms with Crippen LogP contribution in [0.5, 0.6) is 0 Å². The molecule has 0 heterocycles. The SMILES string of the molecule is CC/C=C/C/C=C/C/C=C/C/C=C/CCCCCC(=O)OC(COCCC(C(=O)O)[N+](C)(C)C)COC(=O)CCCCCCCCCCCC/C=C/C/C=C/C/C=C/CC. The lowest BCUT2D eigenvalue weighted by molar-refractivity contribution is -0.887. The maximum absolute atomic E-state index is 12.7. The van der Waals surface area contributed by atoms with Crippen LogP contribution in [0, 0.1) is 0 Å². The van der Waals surface area contributed by atoms with Gasteiger partial charge in [0.25, 0.3) is 0 Å². The number of carboxylic acids is 1. The standard InChI is InChI=1S/C52H87NO7/c1-6-8-10-12-14-16-18-20-22-24-25-26-27-29-30-32-34-36-38-40-42-50(54)59-47-48(46-58-45-44-49(52(56)57)53(3,4)5)60-51(55)43-41-39-37-35-33-31-28-23-21-19-17-15-13-11-9-7-2/h8-11,14-17,20-23,31,33,48-49H,6-7,12-13,18-19,24-30,32,34-47H2,1-5H3/p+1/b10-8+,11-9+,16-14+,17-15+,22-20+,23-21+,33-31+. The molecule has 0 spiro atoms. The van der Waals surface area contributed by atoms with Gasteiger partial charge in [-0.3, -0.25) is 9.59 Å². The monoisotopic (exact) mass is 839 g/mol. The fraction of sp³-hybridized carbons (Fsp3) is 0.673. The number of ether oxygens (including phenoxy) is 3. The van der Waals surface area contributed by atoms with Crippen LogP contribution in [-0.4, -0.2) is 80.6 Å². The average molecular weight is 839 g/mol. The van der Waals surface area contributed by atoms with Gasteiger partial charge in [-0.1, -0.05) is 157 Å². The molecule has 0 rings (SSSR count). The summed E-state index contributed by atoms with van der Waals surface area (Å²) in [7, 11) is 5.51. The van der Waals surface area contributed by atoms with E-state index in [4.69, 9.17) is 14.2 Å². The van der Waals surface area contributed by atoms with E-state index in [2.05, 4.69) is 98.9 Å². The number of unbranched alkanes of at least 4 members (excludes halogenated alkanes) is 13. The molecule has 0 fully saturated rings. The minimum Gasteiger partial charge on any atom is -0.477 e. The second-order valence-corrected chi connectivity index (χ2v) is 16.6. The van der Waals surface area contributed by atoms with Crippen molar-refractivity contribution in [2.45, 2.75) is 187 Å². The molecule has 0 aliphatic carbocycles. The summed E-state index contributed by atoms with van der Waals surface area (Å²) in [6.07, 6.45) is 54.9. The number of quaternary nitrogens is 1. The van der Waals surface area contributed by atoms with Gasteiger partial charge in [0.1, 0.15) is 6.61 Å². The molecule has 0 aliphatic rings. The summed E-state index contributed by atoms with van der Waals surface area (Å²) >= 11 is 0. The number of nitrogens with zero attached hydrogens (tertiary/aromatic N) is 1. The van der Waals surface area contributed by atoms with E-state index in [1.807, 2.05) is 21.1 Å². The number of aliphatic carboxylic acids is 1. The summed E-state index contributed by atoms with van der Waals surface area (Å²) in [5.74, 6) is -1.52. The van der Waals surface area contributed by atoms with Gasteiger partial charge in [0.05, 0.1) is 34.4 Å². The molecule has 0 aromatic heterocycles. The highest BCUT2D eigenvalue weighted by Crippen LogP contribution is 2.14. The number of esters is 2. The van der Waals surface area contributed by atoms with Crippen LogP contribution in [-0.2, 0) is 28.6 Å². The molecule has 0 bridgehead atoms. The minimum atomic E-state index is -0.884. The number of allylic oxidation sites excluding steroid dienone is 14. The second-order valence-electron chi connectivity index (χ2n) is 16.6. The van der Waals surface area contributed by atoms with Crippen LogP contribution >= 0.6 is 0 Å². The number of rotatable bonds is 41. The van der Waals surface area contributed by atoms with Crippen molar-refractivity contribution in [2.75, 3.05) is 41.0 Å². The van der Waals surface area contributed by atoms with Crippen LogP contribution < -0.4 is 0 Å². The molecule has 0 radical (unpaired) electrons. The van der Waals surface area contributed by atoms with Gasteiger partial charge in [-0.2, -0.15) is 0 Å². The fourth-order valence-corrected chi connectivity index (χ4v) is 6.45. The maximum Gasteiger partial charge on any atom is 0.362 e. The van der Waals surface area contributed by atoms with Crippen molar-refractivity contribution in [3.05, 3.63) is 85.1 Å². The molecule has 2 atom stereocenters. The van der Waals surface area contributed by atoms with Gasteiger partial charge >= 0.3 is 17.9 Å². The number of carbonyl (C=O) groups excluding carboxylic acids is 2. The Balaban J connectivity index is 4.34. The van der Waals surface area contributed by atoms with E-state index in [1.165, 1.54) is 51.4 Å². The summed E-state index contributed by atoms with van der Waals surface area (Å²) in [4.78, 5) is 37.1. The predicted molar refractivity (Wildman–Crippen MR) is 252 cm³/mol. The molecule has 2 unspecified atom stereocenters. The molecule has 0 saturated heterocycles. The van der Waals surface area contributed by atoms with Crippen molar-refractivity contribution < 1.29 is 38.2 Å². The quantitative estimate of drug-likeness (QED) is 0.0283. The minimum absolute atomic E-state index is 0.0425. The van der Waals surface area contributed by atoms with Gasteiger partial charge < -0.3 is 23.8 Å². The summed E-state index contributed by atoms with van der Waals surface area (Å²) in [5.41, 5.74) is 0. The number of carboxylic acid groups (broad SMARTS) is 1. The molecule has 8 heteroatoms. The third kappa shape index (κ3) is 39.9. The first-order chi connectivity index (χ1) is 29.1. The van der Waals surface area contributed by atoms with Crippen LogP contribution in [0.4, 0.5) is 0 Å². The van der Waals surface area contributed by atoms with Crippen LogP contribution in [0.2, 0.25) is 0 Å².